The summed E-state index contributed by atoms with van der Waals surface area (Å²) in [7, 11) is 0. The van der Waals surface area contributed by atoms with Gasteiger partial charge >= 0.3 is 5.97 Å². The molecule has 20 heavy (non-hydrogen) atoms. The van der Waals surface area contributed by atoms with Gasteiger partial charge in [0.15, 0.2) is 0 Å². The Morgan fingerprint density at radius 1 is 1.20 bits per heavy atom. The van der Waals surface area contributed by atoms with Crippen LogP contribution in [0.2, 0.25) is 0 Å². The Bertz CT molecular complexity index is 439. The fourth-order valence-corrected chi connectivity index (χ4v) is 2.11. The van der Waals surface area contributed by atoms with E-state index in [-0.39, 0.29) is 12.6 Å². The van der Waals surface area contributed by atoms with Gasteiger partial charge in [0.2, 0.25) is 0 Å². The summed E-state index contributed by atoms with van der Waals surface area (Å²) in [6.07, 6.45) is 0. The lowest BCUT2D eigenvalue weighted by molar-refractivity contribution is -0.151. The average Bonchev–Trinajstić information content (AvgIpc) is 2.36. The average molecular weight is 279 g/mol. The van der Waals surface area contributed by atoms with Crippen molar-refractivity contribution < 1.29 is 14.3 Å². The maximum atomic E-state index is 12.0. The maximum Gasteiger partial charge on any atom is 0.329 e. The molecule has 4 heteroatoms. The van der Waals surface area contributed by atoms with Gasteiger partial charge in [0.05, 0.1) is 6.61 Å². The van der Waals surface area contributed by atoms with Gasteiger partial charge in [-0.2, -0.15) is 0 Å². The second-order valence-electron chi connectivity index (χ2n) is 5.19. The Labute approximate surface area is 121 Å². The summed E-state index contributed by atoms with van der Waals surface area (Å²) >= 11 is 0. The van der Waals surface area contributed by atoms with E-state index >= 15 is 0 Å². The maximum absolute atomic E-state index is 12.0. The molecule has 0 radical (unpaired) electrons. The molecule has 1 aromatic carbocycles. The third kappa shape index (κ3) is 4.53. The number of carbonyl (C=O) groups is 1. The molecule has 0 spiro atoms. The number of nitrogens with one attached hydrogen (secondary N) is 1. The molecule has 112 valence electrons. The van der Waals surface area contributed by atoms with E-state index in [9.17, 15) is 4.79 Å². The van der Waals surface area contributed by atoms with Crippen LogP contribution in [0, 0.1) is 13.8 Å². The predicted octanol–water partition coefficient (Wildman–Crippen LogP) is 2.61. The van der Waals surface area contributed by atoms with Crippen LogP contribution >= 0.6 is 0 Å². The van der Waals surface area contributed by atoms with Gasteiger partial charge in [-0.05, 0) is 57.5 Å². The fourth-order valence-electron chi connectivity index (χ4n) is 2.11. The highest BCUT2D eigenvalue weighted by Crippen LogP contribution is 2.18. The van der Waals surface area contributed by atoms with Crippen LogP contribution in [0.1, 0.15) is 31.9 Å². The number of ether oxygens (including phenoxy) is 2. The minimum atomic E-state index is -0.831. The topological polar surface area (TPSA) is 47.6 Å². The molecule has 0 saturated heterocycles. The summed E-state index contributed by atoms with van der Waals surface area (Å²) in [5, 5.41) is 3.14. The zero-order valence-electron chi connectivity index (χ0n) is 13.1. The van der Waals surface area contributed by atoms with Crippen molar-refractivity contribution >= 4 is 5.97 Å². The molecule has 0 heterocycles. The Morgan fingerprint density at radius 3 is 2.30 bits per heavy atom. The molecule has 0 bridgehead atoms. The van der Waals surface area contributed by atoms with Gasteiger partial charge in [0, 0.05) is 0 Å². The summed E-state index contributed by atoms with van der Waals surface area (Å²) in [5.41, 5.74) is 1.45. The monoisotopic (exact) mass is 279 g/mol. The molecular formula is C16H25NO3. The Morgan fingerprint density at radius 2 is 1.80 bits per heavy atom. The molecule has 1 unspecified atom stereocenters. The summed E-state index contributed by atoms with van der Waals surface area (Å²) in [5.74, 6) is 0.488. The van der Waals surface area contributed by atoms with Crippen LogP contribution in [0.5, 0.6) is 5.75 Å². The number of rotatable bonds is 7. The minimum Gasteiger partial charge on any atom is -0.491 e. The molecule has 0 fully saturated rings. The van der Waals surface area contributed by atoms with Crippen molar-refractivity contribution in [2.75, 3.05) is 19.8 Å². The molecule has 0 saturated carbocycles. The van der Waals surface area contributed by atoms with Crippen LogP contribution in [0.15, 0.2) is 18.2 Å². The van der Waals surface area contributed by atoms with E-state index in [1.54, 1.807) is 13.8 Å². The van der Waals surface area contributed by atoms with Crippen molar-refractivity contribution in [1.29, 1.82) is 0 Å². The van der Waals surface area contributed by atoms with Crippen molar-refractivity contribution in [3.63, 3.8) is 0 Å². The fraction of sp³-hybridized carbons (Fsp3) is 0.562. The molecule has 0 aliphatic rings. The number of carbonyl (C=O) groups excluding carboxylic acids is 1. The van der Waals surface area contributed by atoms with Crippen LogP contribution in [0.3, 0.4) is 0 Å². The quantitative estimate of drug-likeness (QED) is 0.779. The normalized spacial score (nSPS) is 13.7. The first-order chi connectivity index (χ1) is 9.41. The number of esters is 1. The van der Waals surface area contributed by atoms with Gasteiger partial charge < -0.3 is 9.47 Å². The number of benzene rings is 1. The molecule has 1 aromatic rings. The first kappa shape index (κ1) is 16.5. The molecule has 0 aliphatic heterocycles. The molecule has 0 amide bonds. The van der Waals surface area contributed by atoms with Crippen molar-refractivity contribution in [3.8, 4) is 5.75 Å². The molecule has 1 N–H and O–H groups in total. The number of likely N-dealkylation sites (N-methyl/N-ethyl adjacent to an activating group) is 1. The molecule has 1 rings (SSSR count). The van der Waals surface area contributed by atoms with Crippen LogP contribution in [-0.4, -0.2) is 31.3 Å². The highest BCUT2D eigenvalue weighted by atomic mass is 16.5. The lowest BCUT2D eigenvalue weighted by atomic mass is 10.0. The van der Waals surface area contributed by atoms with Crippen LogP contribution in [0.4, 0.5) is 0 Å². The molecule has 1 atom stereocenters. The van der Waals surface area contributed by atoms with Crippen LogP contribution in [0.25, 0.3) is 0 Å². The van der Waals surface area contributed by atoms with E-state index in [1.165, 1.54) is 0 Å². The second kappa shape index (κ2) is 7.29. The van der Waals surface area contributed by atoms with Gasteiger partial charge in [-0.15, -0.1) is 0 Å². The van der Waals surface area contributed by atoms with Gasteiger partial charge in [-0.1, -0.05) is 13.0 Å². The zero-order chi connectivity index (χ0) is 15.2. The van der Waals surface area contributed by atoms with Gasteiger partial charge in [0.25, 0.3) is 0 Å². The van der Waals surface area contributed by atoms with E-state index < -0.39 is 5.54 Å². The predicted molar refractivity (Wildman–Crippen MR) is 80.1 cm³/mol. The molecule has 0 aliphatic carbocycles. The van der Waals surface area contributed by atoms with Crippen molar-refractivity contribution in [3.05, 3.63) is 29.3 Å². The van der Waals surface area contributed by atoms with Crippen molar-refractivity contribution in [2.24, 2.45) is 0 Å². The van der Waals surface area contributed by atoms with E-state index in [0.717, 1.165) is 16.9 Å². The third-order valence-corrected chi connectivity index (χ3v) is 3.02. The largest absolute Gasteiger partial charge is 0.491 e. The first-order valence-corrected chi connectivity index (χ1v) is 7.04. The molecular weight excluding hydrogens is 254 g/mol. The lowest BCUT2D eigenvalue weighted by Gasteiger charge is -2.28. The van der Waals surface area contributed by atoms with Gasteiger partial charge in [-0.25, -0.2) is 4.79 Å². The summed E-state index contributed by atoms with van der Waals surface area (Å²) in [4.78, 5) is 12.0. The van der Waals surface area contributed by atoms with Crippen LogP contribution < -0.4 is 10.1 Å². The standard InChI is InChI=1S/C16H25NO3/c1-6-17-16(5,15(18)19-7-2)11-20-14-9-12(3)8-13(4)10-14/h8-10,17H,6-7,11H2,1-5H3. The Hall–Kier alpha value is -1.55. The number of aryl methyl sites for hydroxylation is 2. The Balaban J connectivity index is 2.78. The van der Waals surface area contributed by atoms with E-state index in [4.69, 9.17) is 9.47 Å². The first-order valence-electron chi connectivity index (χ1n) is 7.04. The van der Waals surface area contributed by atoms with E-state index in [0.29, 0.717) is 13.2 Å². The highest BCUT2D eigenvalue weighted by Gasteiger charge is 2.35. The second-order valence-corrected chi connectivity index (χ2v) is 5.19. The summed E-state index contributed by atoms with van der Waals surface area (Å²) in [6.45, 7) is 10.9. The smallest absolute Gasteiger partial charge is 0.329 e. The summed E-state index contributed by atoms with van der Waals surface area (Å²) in [6, 6.07) is 6.01. The third-order valence-electron chi connectivity index (χ3n) is 3.02. The van der Waals surface area contributed by atoms with Gasteiger partial charge in [-0.3, -0.25) is 5.32 Å². The van der Waals surface area contributed by atoms with E-state index in [1.807, 2.05) is 32.9 Å². The van der Waals surface area contributed by atoms with Gasteiger partial charge in [0.1, 0.15) is 17.9 Å². The molecule has 0 aromatic heterocycles. The van der Waals surface area contributed by atoms with Crippen molar-refractivity contribution in [2.45, 2.75) is 40.2 Å². The van der Waals surface area contributed by atoms with Crippen LogP contribution in [-0.2, 0) is 9.53 Å². The summed E-state index contributed by atoms with van der Waals surface area (Å²) < 4.78 is 10.9. The number of hydrogen-bond acceptors (Lipinski definition) is 4. The minimum absolute atomic E-state index is 0.239. The lowest BCUT2D eigenvalue weighted by Crippen LogP contribution is -2.54. The molecule has 4 nitrogen and oxygen atoms in total. The SMILES string of the molecule is CCNC(C)(COc1cc(C)cc(C)c1)C(=O)OCC. The number of hydrogen-bond donors (Lipinski definition) is 1. The van der Waals surface area contributed by atoms with E-state index in [2.05, 4.69) is 11.4 Å². The van der Waals surface area contributed by atoms with Crippen molar-refractivity contribution in [1.82, 2.24) is 5.32 Å². The Kier molecular flexibility index (Phi) is 6.02. The highest BCUT2D eigenvalue weighted by molar-refractivity contribution is 5.80. The zero-order valence-corrected chi connectivity index (χ0v) is 13.1.